The van der Waals surface area contributed by atoms with Crippen LogP contribution in [0.1, 0.15) is 136 Å². The quantitative estimate of drug-likeness (QED) is 0.0372. The van der Waals surface area contributed by atoms with Crippen molar-refractivity contribution in [1.82, 2.24) is 5.32 Å². The van der Waals surface area contributed by atoms with E-state index in [1.54, 1.807) is 12.2 Å². The van der Waals surface area contributed by atoms with E-state index < -0.39 is 40.0 Å². The first kappa shape index (κ1) is 42.0. The molecule has 7 nitrogen and oxygen atoms in total. The SMILES string of the molecule is CCCCCCC/C=C/CC/C=C/CC/C=C/C(O)C(CS(=O)(=O)O)NC(=O)C(O)C/C=C\C/C=C\CCCCCCCC. The Kier molecular flexibility index (Phi) is 28.3. The minimum Gasteiger partial charge on any atom is -0.387 e. The second-order valence-electron chi connectivity index (χ2n) is 11.6. The number of hydrogen-bond donors (Lipinski definition) is 4. The maximum Gasteiger partial charge on any atom is 0.267 e. The molecular formula is C36H63NO6S. The van der Waals surface area contributed by atoms with Crippen molar-refractivity contribution >= 4 is 16.0 Å². The van der Waals surface area contributed by atoms with Crippen molar-refractivity contribution in [2.45, 2.75) is 154 Å². The van der Waals surface area contributed by atoms with E-state index in [1.165, 1.54) is 76.7 Å². The lowest BCUT2D eigenvalue weighted by molar-refractivity contribution is -0.130. The highest BCUT2D eigenvalue weighted by molar-refractivity contribution is 7.85. The summed E-state index contributed by atoms with van der Waals surface area (Å²) in [6, 6.07) is -1.29. The predicted octanol–water partition coefficient (Wildman–Crippen LogP) is 8.31. The molecule has 0 bridgehead atoms. The average Bonchev–Trinajstić information content (AvgIpc) is 2.98. The first-order valence-corrected chi connectivity index (χ1v) is 18.7. The van der Waals surface area contributed by atoms with E-state index in [9.17, 15) is 28.0 Å². The van der Waals surface area contributed by atoms with Gasteiger partial charge in [-0.05, 0) is 57.8 Å². The zero-order valence-corrected chi connectivity index (χ0v) is 28.4. The summed E-state index contributed by atoms with van der Waals surface area (Å²) >= 11 is 0. The maximum atomic E-state index is 12.5. The molecule has 0 aliphatic carbocycles. The summed E-state index contributed by atoms with van der Waals surface area (Å²) in [5, 5.41) is 23.1. The van der Waals surface area contributed by atoms with Gasteiger partial charge >= 0.3 is 0 Å². The van der Waals surface area contributed by atoms with Gasteiger partial charge in [0.25, 0.3) is 10.1 Å². The molecule has 3 unspecified atom stereocenters. The fraction of sp³-hybridized carbons (Fsp3) is 0.694. The lowest BCUT2D eigenvalue weighted by Crippen LogP contribution is -2.50. The van der Waals surface area contributed by atoms with E-state index in [0.717, 1.165) is 32.1 Å². The number of rotatable bonds is 29. The summed E-state index contributed by atoms with van der Waals surface area (Å²) in [4.78, 5) is 12.5. The molecule has 44 heavy (non-hydrogen) atoms. The second-order valence-corrected chi connectivity index (χ2v) is 13.1. The summed E-state index contributed by atoms with van der Waals surface area (Å²) in [5.41, 5.74) is 0. The van der Waals surface area contributed by atoms with Gasteiger partial charge in [0.2, 0.25) is 5.91 Å². The van der Waals surface area contributed by atoms with E-state index in [1.807, 2.05) is 6.08 Å². The molecule has 0 radical (unpaired) electrons. The van der Waals surface area contributed by atoms with Crippen molar-refractivity contribution < 1.29 is 28.0 Å². The molecule has 0 aromatic rings. The van der Waals surface area contributed by atoms with Crippen LogP contribution in [0.15, 0.2) is 60.8 Å². The Hall–Kier alpha value is -2.00. The Morgan fingerprint density at radius 1 is 0.636 bits per heavy atom. The Morgan fingerprint density at radius 2 is 1.09 bits per heavy atom. The molecule has 0 fully saturated rings. The number of allylic oxidation sites excluding steroid dienone is 8. The lowest BCUT2D eigenvalue weighted by atomic mass is 10.1. The molecule has 8 heteroatoms. The zero-order valence-electron chi connectivity index (χ0n) is 27.6. The van der Waals surface area contributed by atoms with Gasteiger partial charge in [0.1, 0.15) is 6.10 Å². The standard InChI is InChI=1S/C36H63NO6S/c1-3-5-7-9-11-13-15-17-18-19-21-22-24-26-28-30-34(38)33(32-44(41,42)43)37-36(40)35(39)31-29-27-25-23-20-16-14-12-10-8-6-4-2/h15,17,20-23,27-30,33-35,38-39H,3-14,16,18-19,24-26,31-32H2,1-2H3,(H,37,40)(H,41,42,43)/b17-15+,22-21+,23-20-,29-27-,30-28+. The molecule has 0 aromatic carbocycles. The van der Waals surface area contributed by atoms with E-state index in [2.05, 4.69) is 55.6 Å². The van der Waals surface area contributed by atoms with Crippen molar-refractivity contribution in [2.75, 3.05) is 5.75 Å². The van der Waals surface area contributed by atoms with Crippen LogP contribution in [0.5, 0.6) is 0 Å². The van der Waals surface area contributed by atoms with Crippen LogP contribution in [0.2, 0.25) is 0 Å². The number of amides is 1. The number of carbonyl (C=O) groups is 1. The van der Waals surface area contributed by atoms with Gasteiger partial charge in [-0.15, -0.1) is 0 Å². The van der Waals surface area contributed by atoms with Crippen molar-refractivity contribution in [2.24, 2.45) is 0 Å². The van der Waals surface area contributed by atoms with Gasteiger partial charge in [-0.3, -0.25) is 9.35 Å². The molecule has 0 spiro atoms. The highest BCUT2D eigenvalue weighted by Crippen LogP contribution is 2.09. The summed E-state index contributed by atoms with van der Waals surface area (Å²) in [6.07, 6.45) is 37.3. The van der Waals surface area contributed by atoms with Gasteiger partial charge < -0.3 is 15.5 Å². The number of hydrogen-bond acceptors (Lipinski definition) is 5. The summed E-state index contributed by atoms with van der Waals surface area (Å²) in [6.45, 7) is 4.44. The first-order valence-electron chi connectivity index (χ1n) is 17.1. The molecule has 254 valence electrons. The first-order chi connectivity index (χ1) is 21.2. The summed E-state index contributed by atoms with van der Waals surface area (Å²) in [5.74, 6) is -1.66. The minimum absolute atomic E-state index is 0.0583. The smallest absolute Gasteiger partial charge is 0.267 e. The molecule has 0 saturated heterocycles. The highest BCUT2D eigenvalue weighted by atomic mass is 32.2. The molecular weight excluding hydrogens is 574 g/mol. The number of carbonyl (C=O) groups excluding carboxylic acids is 1. The number of aliphatic hydroxyl groups excluding tert-OH is 2. The Bertz CT molecular complexity index is 938. The van der Waals surface area contributed by atoms with E-state index in [0.29, 0.717) is 12.8 Å². The van der Waals surface area contributed by atoms with Crippen molar-refractivity contribution in [1.29, 1.82) is 0 Å². The molecule has 0 saturated carbocycles. The third-order valence-corrected chi connectivity index (χ3v) is 8.04. The van der Waals surface area contributed by atoms with E-state index in [-0.39, 0.29) is 6.42 Å². The third kappa shape index (κ3) is 28.8. The lowest BCUT2D eigenvalue weighted by Gasteiger charge is -2.22. The van der Waals surface area contributed by atoms with E-state index >= 15 is 0 Å². The molecule has 0 aromatic heterocycles. The van der Waals surface area contributed by atoms with Crippen LogP contribution in [-0.4, -0.2) is 53.1 Å². The fourth-order valence-electron chi connectivity index (χ4n) is 4.59. The number of nitrogens with one attached hydrogen (secondary N) is 1. The maximum absolute atomic E-state index is 12.5. The van der Waals surface area contributed by atoms with Gasteiger partial charge in [-0.2, -0.15) is 8.42 Å². The Labute approximate surface area is 269 Å². The van der Waals surface area contributed by atoms with Crippen LogP contribution >= 0.6 is 0 Å². The van der Waals surface area contributed by atoms with Crippen LogP contribution in [0, 0.1) is 0 Å². The molecule has 0 heterocycles. The topological polar surface area (TPSA) is 124 Å². The van der Waals surface area contributed by atoms with E-state index in [4.69, 9.17) is 0 Å². The highest BCUT2D eigenvalue weighted by Gasteiger charge is 2.27. The van der Waals surface area contributed by atoms with Crippen molar-refractivity contribution in [3.63, 3.8) is 0 Å². The van der Waals surface area contributed by atoms with Crippen LogP contribution in [0.3, 0.4) is 0 Å². The average molecular weight is 638 g/mol. The van der Waals surface area contributed by atoms with Crippen LogP contribution in [-0.2, 0) is 14.9 Å². The number of unbranched alkanes of at least 4 members (excludes halogenated alkanes) is 13. The van der Waals surface area contributed by atoms with Gasteiger partial charge in [0.05, 0.1) is 17.9 Å². The van der Waals surface area contributed by atoms with Gasteiger partial charge in [0, 0.05) is 6.42 Å². The molecule has 0 aliphatic heterocycles. The molecule has 0 rings (SSSR count). The molecule has 1 amide bonds. The normalized spacial score (nSPS) is 14.9. The fourth-order valence-corrected chi connectivity index (χ4v) is 5.32. The third-order valence-electron chi connectivity index (χ3n) is 7.26. The molecule has 0 aliphatic rings. The van der Waals surface area contributed by atoms with Crippen LogP contribution < -0.4 is 5.32 Å². The van der Waals surface area contributed by atoms with Crippen LogP contribution in [0.4, 0.5) is 0 Å². The largest absolute Gasteiger partial charge is 0.387 e. The van der Waals surface area contributed by atoms with Gasteiger partial charge in [-0.1, -0.05) is 132 Å². The summed E-state index contributed by atoms with van der Waals surface area (Å²) in [7, 11) is -4.47. The molecule has 4 N–H and O–H groups in total. The van der Waals surface area contributed by atoms with Gasteiger partial charge in [0.15, 0.2) is 0 Å². The Morgan fingerprint density at radius 3 is 1.64 bits per heavy atom. The van der Waals surface area contributed by atoms with Crippen molar-refractivity contribution in [3.05, 3.63) is 60.8 Å². The second kappa shape index (κ2) is 29.7. The van der Waals surface area contributed by atoms with Crippen LogP contribution in [0.25, 0.3) is 0 Å². The number of aliphatic hydroxyl groups is 2. The Balaban J connectivity index is 4.38. The minimum atomic E-state index is -4.47. The van der Waals surface area contributed by atoms with Gasteiger partial charge in [-0.25, -0.2) is 0 Å². The molecule has 3 atom stereocenters. The predicted molar refractivity (Wildman–Crippen MR) is 185 cm³/mol. The monoisotopic (exact) mass is 637 g/mol. The zero-order chi connectivity index (χ0) is 32.7. The van der Waals surface area contributed by atoms with Crippen molar-refractivity contribution in [3.8, 4) is 0 Å². The summed E-state index contributed by atoms with van der Waals surface area (Å²) < 4.78 is 32.3.